The molecule has 4 nitrogen and oxygen atoms in total. The molecule has 0 aromatic heterocycles. The first-order chi connectivity index (χ1) is 11.8. The van der Waals surface area contributed by atoms with E-state index in [9.17, 15) is 4.79 Å². The Morgan fingerprint density at radius 1 is 1.08 bits per heavy atom. The number of ether oxygens (including phenoxy) is 1. The van der Waals surface area contributed by atoms with E-state index in [1.54, 1.807) is 6.92 Å². The summed E-state index contributed by atoms with van der Waals surface area (Å²) in [6.45, 7) is 3.43. The van der Waals surface area contributed by atoms with Crippen LogP contribution < -0.4 is 5.32 Å². The van der Waals surface area contributed by atoms with E-state index in [1.807, 2.05) is 61.6 Å². The molecular weight excluding hydrogens is 300 g/mol. The average Bonchev–Trinajstić information content (AvgIpc) is 2.62. The highest BCUT2D eigenvalue weighted by Crippen LogP contribution is 2.13. The molecule has 0 amide bonds. The van der Waals surface area contributed by atoms with Crippen LogP contribution in [0.1, 0.15) is 23.6 Å². The molecule has 0 atom stereocenters. The number of carbonyl (C=O) groups excluding carboxylic acids is 1. The van der Waals surface area contributed by atoms with Gasteiger partial charge in [0.2, 0.25) is 0 Å². The molecule has 4 heteroatoms. The van der Waals surface area contributed by atoms with Gasteiger partial charge in [-0.25, -0.2) is 4.79 Å². The second-order valence-electron chi connectivity index (χ2n) is 5.38. The lowest BCUT2D eigenvalue weighted by molar-refractivity contribution is -0.134. The standard InChI is InChI=1S/C20H24N2O2/c1-3-24-20(23)19(22-15-16-9-5-4-6-10-16)18-12-8-7-11-17(18)13-14-21-2/h4-12,21H,3,13-15H2,1-2H3/b22-19-. The Balaban J connectivity index is 2.34. The summed E-state index contributed by atoms with van der Waals surface area (Å²) in [6, 6.07) is 17.8. The molecule has 0 aliphatic rings. The van der Waals surface area contributed by atoms with E-state index in [0.29, 0.717) is 18.9 Å². The first-order valence-electron chi connectivity index (χ1n) is 8.24. The number of hydrogen-bond acceptors (Lipinski definition) is 4. The van der Waals surface area contributed by atoms with Gasteiger partial charge in [0, 0.05) is 5.56 Å². The van der Waals surface area contributed by atoms with Crippen LogP contribution in [0.2, 0.25) is 0 Å². The molecule has 0 saturated heterocycles. The topological polar surface area (TPSA) is 50.7 Å². The van der Waals surface area contributed by atoms with E-state index in [-0.39, 0.29) is 5.97 Å². The third kappa shape index (κ3) is 5.03. The van der Waals surface area contributed by atoms with Gasteiger partial charge in [-0.15, -0.1) is 0 Å². The molecule has 24 heavy (non-hydrogen) atoms. The summed E-state index contributed by atoms with van der Waals surface area (Å²) in [5.74, 6) is -0.370. The molecule has 2 aromatic carbocycles. The Hall–Kier alpha value is -2.46. The zero-order chi connectivity index (χ0) is 17.2. The molecule has 2 rings (SSSR count). The average molecular weight is 324 g/mol. The zero-order valence-electron chi connectivity index (χ0n) is 14.3. The predicted octanol–water partition coefficient (Wildman–Crippen LogP) is 3.00. The van der Waals surface area contributed by atoms with Crippen LogP contribution in [0.25, 0.3) is 0 Å². The van der Waals surface area contributed by atoms with E-state index >= 15 is 0 Å². The second-order valence-corrected chi connectivity index (χ2v) is 5.38. The second kappa shape index (κ2) is 9.63. The highest BCUT2D eigenvalue weighted by Gasteiger charge is 2.18. The minimum Gasteiger partial charge on any atom is -0.461 e. The van der Waals surface area contributed by atoms with Crippen LogP contribution in [0, 0.1) is 0 Å². The third-order valence-electron chi connectivity index (χ3n) is 3.65. The maximum Gasteiger partial charge on any atom is 0.357 e. The van der Waals surface area contributed by atoms with Gasteiger partial charge in [-0.05, 0) is 38.1 Å². The highest BCUT2D eigenvalue weighted by atomic mass is 16.5. The fourth-order valence-electron chi connectivity index (χ4n) is 2.44. The van der Waals surface area contributed by atoms with Crippen molar-refractivity contribution in [2.75, 3.05) is 20.2 Å². The molecule has 126 valence electrons. The first-order valence-corrected chi connectivity index (χ1v) is 8.24. The van der Waals surface area contributed by atoms with Crippen LogP contribution in [0.5, 0.6) is 0 Å². The van der Waals surface area contributed by atoms with Gasteiger partial charge < -0.3 is 10.1 Å². The van der Waals surface area contributed by atoms with E-state index in [2.05, 4.69) is 10.3 Å². The quantitative estimate of drug-likeness (QED) is 0.600. The molecule has 2 aromatic rings. The van der Waals surface area contributed by atoms with Crippen LogP contribution >= 0.6 is 0 Å². The van der Waals surface area contributed by atoms with Crippen LogP contribution in [0.15, 0.2) is 59.6 Å². The molecule has 0 unspecified atom stereocenters. The fraction of sp³-hybridized carbons (Fsp3) is 0.300. The summed E-state index contributed by atoms with van der Waals surface area (Å²) in [6.07, 6.45) is 0.830. The summed E-state index contributed by atoms with van der Waals surface area (Å²) >= 11 is 0. The fourth-order valence-corrected chi connectivity index (χ4v) is 2.44. The number of likely N-dealkylation sites (N-methyl/N-ethyl adjacent to an activating group) is 1. The Labute approximate surface area is 143 Å². The number of nitrogens with zero attached hydrogens (tertiary/aromatic N) is 1. The largest absolute Gasteiger partial charge is 0.461 e. The lowest BCUT2D eigenvalue weighted by Crippen LogP contribution is -2.22. The smallest absolute Gasteiger partial charge is 0.357 e. The van der Waals surface area contributed by atoms with Gasteiger partial charge in [-0.1, -0.05) is 54.6 Å². The molecule has 0 saturated carbocycles. The summed E-state index contributed by atoms with van der Waals surface area (Å²) in [7, 11) is 1.92. The molecule has 1 N–H and O–H groups in total. The van der Waals surface area contributed by atoms with Crippen molar-refractivity contribution in [2.24, 2.45) is 4.99 Å². The molecule has 0 aliphatic heterocycles. The molecule has 0 radical (unpaired) electrons. The van der Waals surface area contributed by atoms with Crippen LogP contribution in [0.4, 0.5) is 0 Å². The van der Waals surface area contributed by atoms with Crippen molar-refractivity contribution in [2.45, 2.75) is 19.9 Å². The molecule has 0 bridgehead atoms. The lowest BCUT2D eigenvalue weighted by atomic mass is 10.00. The van der Waals surface area contributed by atoms with Gasteiger partial charge in [0.05, 0.1) is 13.2 Å². The normalized spacial score (nSPS) is 11.3. The van der Waals surface area contributed by atoms with Gasteiger partial charge in [-0.3, -0.25) is 4.99 Å². The third-order valence-corrected chi connectivity index (χ3v) is 3.65. The van der Waals surface area contributed by atoms with E-state index in [4.69, 9.17) is 4.74 Å². The van der Waals surface area contributed by atoms with Crippen molar-refractivity contribution in [1.29, 1.82) is 0 Å². The molecule has 0 fully saturated rings. The number of aliphatic imine (C=N–C) groups is 1. The maximum absolute atomic E-state index is 12.4. The molecule has 0 heterocycles. The minimum absolute atomic E-state index is 0.335. The van der Waals surface area contributed by atoms with Crippen molar-refractivity contribution in [3.63, 3.8) is 0 Å². The Bertz CT molecular complexity index is 681. The van der Waals surface area contributed by atoms with Crippen LogP contribution in [-0.2, 0) is 22.5 Å². The van der Waals surface area contributed by atoms with E-state index in [0.717, 1.165) is 29.7 Å². The predicted molar refractivity (Wildman–Crippen MR) is 97.4 cm³/mol. The van der Waals surface area contributed by atoms with Gasteiger partial charge in [0.15, 0.2) is 5.71 Å². The van der Waals surface area contributed by atoms with Crippen molar-refractivity contribution in [1.82, 2.24) is 5.32 Å². The molecule has 0 aliphatic carbocycles. The maximum atomic E-state index is 12.4. The lowest BCUT2D eigenvalue weighted by Gasteiger charge is -2.12. The summed E-state index contributed by atoms with van der Waals surface area (Å²) in [5, 5.41) is 3.14. The summed E-state index contributed by atoms with van der Waals surface area (Å²) in [5.41, 5.74) is 3.40. The van der Waals surface area contributed by atoms with Gasteiger partial charge in [0.25, 0.3) is 0 Å². The Kier molecular flexibility index (Phi) is 7.18. The van der Waals surface area contributed by atoms with Crippen molar-refractivity contribution in [3.05, 3.63) is 71.3 Å². The van der Waals surface area contributed by atoms with Crippen molar-refractivity contribution >= 4 is 11.7 Å². The van der Waals surface area contributed by atoms with Gasteiger partial charge in [-0.2, -0.15) is 0 Å². The number of esters is 1. The Morgan fingerprint density at radius 2 is 1.79 bits per heavy atom. The van der Waals surface area contributed by atoms with Crippen molar-refractivity contribution < 1.29 is 9.53 Å². The summed E-state index contributed by atoms with van der Waals surface area (Å²) < 4.78 is 5.22. The number of benzene rings is 2. The number of carbonyl (C=O) groups is 1. The number of hydrogen-bond donors (Lipinski definition) is 1. The van der Waals surface area contributed by atoms with Gasteiger partial charge >= 0.3 is 5.97 Å². The molecular formula is C20H24N2O2. The highest BCUT2D eigenvalue weighted by molar-refractivity contribution is 6.43. The minimum atomic E-state index is -0.370. The summed E-state index contributed by atoms with van der Waals surface area (Å²) in [4.78, 5) is 17.0. The number of rotatable bonds is 8. The van der Waals surface area contributed by atoms with E-state index in [1.165, 1.54) is 0 Å². The number of nitrogens with one attached hydrogen (secondary N) is 1. The van der Waals surface area contributed by atoms with Crippen LogP contribution in [-0.4, -0.2) is 31.9 Å². The van der Waals surface area contributed by atoms with Gasteiger partial charge in [0.1, 0.15) is 0 Å². The van der Waals surface area contributed by atoms with E-state index < -0.39 is 0 Å². The van der Waals surface area contributed by atoms with Crippen LogP contribution in [0.3, 0.4) is 0 Å². The van der Waals surface area contributed by atoms with Crippen molar-refractivity contribution in [3.8, 4) is 0 Å². The Morgan fingerprint density at radius 3 is 2.50 bits per heavy atom. The molecule has 0 spiro atoms. The SMILES string of the molecule is CCOC(=O)/C(=N\Cc1ccccc1)c1ccccc1CCNC. The zero-order valence-corrected chi connectivity index (χ0v) is 14.3. The first kappa shape index (κ1) is 17.9. The monoisotopic (exact) mass is 324 g/mol.